The van der Waals surface area contributed by atoms with Crippen molar-refractivity contribution in [2.75, 3.05) is 0 Å². The second-order valence-corrected chi connectivity index (χ2v) is 8.63. The summed E-state index contributed by atoms with van der Waals surface area (Å²) >= 11 is 0. The predicted molar refractivity (Wildman–Crippen MR) is 90.5 cm³/mol. The summed E-state index contributed by atoms with van der Waals surface area (Å²) in [7, 11) is 0. The van der Waals surface area contributed by atoms with Crippen LogP contribution < -0.4 is 0 Å². The van der Waals surface area contributed by atoms with Crippen molar-refractivity contribution < 1.29 is 29.0 Å². The van der Waals surface area contributed by atoms with Crippen molar-refractivity contribution in [3.8, 4) is 0 Å². The van der Waals surface area contributed by atoms with Gasteiger partial charge in [0.15, 0.2) is 5.78 Å². The zero-order valence-corrected chi connectivity index (χ0v) is 15.3. The minimum atomic E-state index is -1.37. The summed E-state index contributed by atoms with van der Waals surface area (Å²) in [5.41, 5.74) is 0.804. The number of rotatable bonds is 1. The minimum absolute atomic E-state index is 0.0253. The van der Waals surface area contributed by atoms with Gasteiger partial charge in [0.05, 0.1) is 5.92 Å². The lowest BCUT2D eigenvalue weighted by molar-refractivity contribution is -0.189. The first-order valence-corrected chi connectivity index (χ1v) is 9.17. The van der Waals surface area contributed by atoms with E-state index in [4.69, 9.17) is 9.47 Å². The molecule has 0 radical (unpaired) electrons. The Bertz CT molecular complexity index is 764. The molecule has 0 aromatic rings. The van der Waals surface area contributed by atoms with E-state index in [2.05, 4.69) is 13.8 Å². The average molecular weight is 360 g/mol. The molecule has 140 valence electrons. The number of carbonyl (C=O) groups excluding carboxylic acids is 3. The molecule has 0 aromatic carbocycles. The Morgan fingerprint density at radius 2 is 1.88 bits per heavy atom. The van der Waals surface area contributed by atoms with Crippen LogP contribution in [0.4, 0.5) is 0 Å². The molecule has 2 aliphatic carbocycles. The van der Waals surface area contributed by atoms with Crippen LogP contribution in [0.2, 0.25) is 0 Å². The number of aliphatic hydroxyl groups excluding tert-OH is 1. The van der Waals surface area contributed by atoms with E-state index in [1.54, 1.807) is 6.08 Å². The average Bonchev–Trinajstić information content (AvgIpc) is 2.88. The lowest BCUT2D eigenvalue weighted by Gasteiger charge is -2.59. The van der Waals surface area contributed by atoms with Gasteiger partial charge >= 0.3 is 11.9 Å². The standard InChI is InChI=1S/C20H24O6/c1-10-6-11(21)7-15-19(10,2)5-4-13-18(24)25-14(9-20(13,15)3)12-8-16(22)26-17(12)23/h6,8,13-15,17,23H,4-5,7,9H2,1-3H3/t13-,14-,15-,17?,19-,20-/m0/s1. The number of hydrogen-bond acceptors (Lipinski definition) is 6. The summed E-state index contributed by atoms with van der Waals surface area (Å²) in [6.07, 6.45) is 3.34. The zero-order chi connectivity index (χ0) is 18.9. The molecule has 6 nitrogen and oxygen atoms in total. The van der Waals surface area contributed by atoms with Crippen LogP contribution >= 0.6 is 0 Å². The molecule has 2 aliphatic heterocycles. The largest absolute Gasteiger partial charge is 0.457 e. The Balaban J connectivity index is 1.73. The van der Waals surface area contributed by atoms with Gasteiger partial charge in [-0.3, -0.25) is 9.59 Å². The van der Waals surface area contributed by atoms with Gasteiger partial charge in [-0.15, -0.1) is 0 Å². The molecule has 1 N–H and O–H groups in total. The Morgan fingerprint density at radius 1 is 1.15 bits per heavy atom. The highest BCUT2D eigenvalue weighted by Crippen LogP contribution is 2.63. The van der Waals surface area contributed by atoms with Crippen LogP contribution in [0.1, 0.15) is 46.5 Å². The molecular formula is C20H24O6. The third-order valence-corrected chi connectivity index (χ3v) is 7.33. The fraction of sp³-hybridized carbons (Fsp3) is 0.650. The van der Waals surface area contributed by atoms with Crippen LogP contribution in [-0.2, 0) is 23.9 Å². The highest BCUT2D eigenvalue weighted by atomic mass is 16.6. The number of allylic oxidation sites excluding steroid dienone is 2. The molecular weight excluding hydrogens is 336 g/mol. The number of ether oxygens (including phenoxy) is 2. The lowest BCUT2D eigenvalue weighted by Crippen LogP contribution is -2.58. The SMILES string of the molecule is CC1=CC(=O)C[C@@H]2[C@@]3(C)C[C@@H](C4=CC(=O)OC4O)OC(=O)[C@@H]3CC[C@@]12C. The number of fused-ring (bicyclic) bond motifs is 3. The Hall–Kier alpha value is -1.95. The molecule has 2 heterocycles. The summed E-state index contributed by atoms with van der Waals surface area (Å²) in [6, 6.07) is 0. The summed E-state index contributed by atoms with van der Waals surface area (Å²) < 4.78 is 10.4. The maximum absolute atomic E-state index is 12.8. The first-order valence-electron chi connectivity index (χ1n) is 9.17. The van der Waals surface area contributed by atoms with Gasteiger partial charge in [0.1, 0.15) is 6.10 Å². The summed E-state index contributed by atoms with van der Waals surface area (Å²) in [6.45, 7) is 6.24. The smallest absolute Gasteiger partial charge is 0.333 e. The second kappa shape index (κ2) is 5.52. The molecule has 26 heavy (non-hydrogen) atoms. The van der Waals surface area contributed by atoms with Crippen molar-refractivity contribution in [2.24, 2.45) is 22.7 Å². The molecule has 1 saturated carbocycles. The minimum Gasteiger partial charge on any atom is -0.457 e. The van der Waals surface area contributed by atoms with Gasteiger partial charge in [-0.2, -0.15) is 0 Å². The van der Waals surface area contributed by atoms with E-state index in [9.17, 15) is 19.5 Å². The first-order chi connectivity index (χ1) is 12.1. The van der Waals surface area contributed by atoms with E-state index < -0.39 is 23.8 Å². The van der Waals surface area contributed by atoms with Crippen molar-refractivity contribution in [1.82, 2.24) is 0 Å². The number of ketones is 1. The molecule has 4 rings (SSSR count). The lowest BCUT2D eigenvalue weighted by atomic mass is 9.46. The van der Waals surface area contributed by atoms with Crippen molar-refractivity contribution in [1.29, 1.82) is 0 Å². The number of carbonyl (C=O) groups is 3. The summed E-state index contributed by atoms with van der Waals surface area (Å²) in [5.74, 6) is -1.08. The highest BCUT2D eigenvalue weighted by Gasteiger charge is 2.61. The van der Waals surface area contributed by atoms with E-state index in [1.807, 2.05) is 6.92 Å². The third-order valence-electron chi connectivity index (χ3n) is 7.33. The fourth-order valence-electron chi connectivity index (χ4n) is 5.71. The van der Waals surface area contributed by atoms with Gasteiger partial charge in [-0.25, -0.2) is 4.79 Å². The van der Waals surface area contributed by atoms with Crippen LogP contribution in [0.3, 0.4) is 0 Å². The maximum atomic E-state index is 12.8. The maximum Gasteiger partial charge on any atom is 0.333 e. The Labute approximate surface area is 152 Å². The number of esters is 2. The molecule has 6 heteroatoms. The molecule has 4 aliphatic rings. The molecule has 0 aromatic heterocycles. The fourth-order valence-corrected chi connectivity index (χ4v) is 5.71. The molecule has 0 bridgehead atoms. The van der Waals surface area contributed by atoms with E-state index in [-0.39, 0.29) is 29.0 Å². The number of aliphatic hydroxyl groups is 1. The van der Waals surface area contributed by atoms with Gasteiger partial charge in [-0.1, -0.05) is 19.4 Å². The molecule has 1 saturated heterocycles. The normalized spacial score (nSPS) is 45.2. The van der Waals surface area contributed by atoms with Crippen LogP contribution in [0.25, 0.3) is 0 Å². The molecule has 1 unspecified atom stereocenters. The van der Waals surface area contributed by atoms with E-state index in [1.165, 1.54) is 6.08 Å². The third kappa shape index (κ3) is 2.31. The molecule has 6 atom stereocenters. The van der Waals surface area contributed by atoms with Crippen molar-refractivity contribution in [3.05, 3.63) is 23.3 Å². The van der Waals surface area contributed by atoms with E-state index >= 15 is 0 Å². The van der Waals surface area contributed by atoms with Gasteiger partial charge < -0.3 is 14.6 Å². The van der Waals surface area contributed by atoms with Crippen LogP contribution in [0.5, 0.6) is 0 Å². The van der Waals surface area contributed by atoms with Gasteiger partial charge in [0, 0.05) is 18.1 Å². The number of hydrogen-bond donors (Lipinski definition) is 1. The van der Waals surface area contributed by atoms with Gasteiger partial charge in [0.25, 0.3) is 0 Å². The van der Waals surface area contributed by atoms with Crippen molar-refractivity contribution in [2.45, 2.75) is 58.8 Å². The monoisotopic (exact) mass is 360 g/mol. The molecule has 0 spiro atoms. The van der Waals surface area contributed by atoms with E-state index in [0.717, 1.165) is 12.0 Å². The van der Waals surface area contributed by atoms with Gasteiger partial charge in [0.2, 0.25) is 6.29 Å². The molecule has 0 amide bonds. The molecule has 2 fully saturated rings. The van der Waals surface area contributed by atoms with Crippen LogP contribution in [-0.4, -0.2) is 35.2 Å². The second-order valence-electron chi connectivity index (χ2n) is 8.63. The van der Waals surface area contributed by atoms with Crippen molar-refractivity contribution >= 4 is 17.7 Å². The highest BCUT2D eigenvalue weighted by molar-refractivity contribution is 5.92. The van der Waals surface area contributed by atoms with E-state index in [0.29, 0.717) is 24.8 Å². The Morgan fingerprint density at radius 3 is 2.54 bits per heavy atom. The van der Waals surface area contributed by atoms with Crippen LogP contribution in [0, 0.1) is 22.7 Å². The number of cyclic esters (lactones) is 2. The summed E-state index contributed by atoms with van der Waals surface area (Å²) in [5, 5.41) is 9.98. The van der Waals surface area contributed by atoms with Gasteiger partial charge in [-0.05, 0) is 49.0 Å². The van der Waals surface area contributed by atoms with Crippen LogP contribution in [0.15, 0.2) is 23.3 Å². The summed E-state index contributed by atoms with van der Waals surface area (Å²) in [4.78, 5) is 36.5. The Kier molecular flexibility index (Phi) is 3.71. The first kappa shape index (κ1) is 17.5. The topological polar surface area (TPSA) is 89.9 Å². The van der Waals surface area contributed by atoms with Crippen molar-refractivity contribution in [3.63, 3.8) is 0 Å². The predicted octanol–water partition coefficient (Wildman–Crippen LogP) is 2.06. The zero-order valence-electron chi connectivity index (χ0n) is 15.3. The quantitative estimate of drug-likeness (QED) is 0.720.